The number of hydrogen-bond donors (Lipinski definition) is 0. The summed E-state index contributed by atoms with van der Waals surface area (Å²) in [4.78, 5) is 10.0. The van der Waals surface area contributed by atoms with Gasteiger partial charge in [-0.05, 0) is 12.1 Å². The fraction of sp³-hybridized carbons (Fsp3) is 0.438. The smallest absolute Gasteiger partial charge is 0.453 e. The van der Waals surface area contributed by atoms with Crippen LogP contribution in [0.25, 0.3) is 5.65 Å². The molecule has 1 aliphatic rings. The normalized spacial score (nSPS) is 15.8. The zero-order chi connectivity index (χ0) is 19.7. The molecule has 1 saturated heterocycles. The third-order valence-electron chi connectivity index (χ3n) is 4.38. The molecule has 0 bridgehead atoms. The minimum absolute atomic E-state index is 0.0472. The zero-order valence-corrected chi connectivity index (χ0v) is 14.8. The minimum Gasteiger partial charge on any atom is -0.494 e. The SMILES string of the molecule is COc1cnc(OC2CCN(c3ccc4nnc(C(F)(F)F)n4n3)CC2)nc1. The maximum Gasteiger partial charge on any atom is 0.453 e. The first-order chi connectivity index (χ1) is 13.4. The lowest BCUT2D eigenvalue weighted by Gasteiger charge is -2.32. The van der Waals surface area contributed by atoms with E-state index >= 15 is 0 Å². The fourth-order valence-electron chi connectivity index (χ4n) is 2.95. The van der Waals surface area contributed by atoms with Crippen LogP contribution in [0.15, 0.2) is 24.5 Å². The van der Waals surface area contributed by atoms with Crippen molar-refractivity contribution < 1.29 is 22.6 Å². The number of fused-ring (bicyclic) bond motifs is 1. The van der Waals surface area contributed by atoms with Crippen LogP contribution < -0.4 is 14.4 Å². The number of ether oxygens (including phenoxy) is 2. The molecule has 0 radical (unpaired) electrons. The van der Waals surface area contributed by atoms with E-state index in [1.54, 1.807) is 6.07 Å². The summed E-state index contributed by atoms with van der Waals surface area (Å²) in [5.74, 6) is -0.174. The molecule has 148 valence electrons. The minimum atomic E-state index is -4.62. The number of anilines is 1. The summed E-state index contributed by atoms with van der Waals surface area (Å²) in [6, 6.07) is 3.37. The molecule has 0 unspecified atom stereocenters. The van der Waals surface area contributed by atoms with E-state index in [9.17, 15) is 13.2 Å². The fourth-order valence-corrected chi connectivity index (χ4v) is 2.95. The van der Waals surface area contributed by atoms with Gasteiger partial charge < -0.3 is 14.4 Å². The standard InChI is InChI=1S/C16H16F3N7O2/c1-27-11-8-20-15(21-9-11)28-10-4-6-25(7-5-10)13-3-2-12-22-23-14(16(17,18)19)26(12)24-13/h2-3,8-10H,4-7H2,1H3. The summed E-state index contributed by atoms with van der Waals surface area (Å²) in [6.07, 6.45) is -0.354. The molecule has 9 nitrogen and oxygen atoms in total. The van der Waals surface area contributed by atoms with E-state index < -0.39 is 12.0 Å². The van der Waals surface area contributed by atoms with Crippen LogP contribution in [-0.4, -0.2) is 56.1 Å². The van der Waals surface area contributed by atoms with Gasteiger partial charge in [0.2, 0.25) is 0 Å². The summed E-state index contributed by atoms with van der Waals surface area (Å²) in [7, 11) is 1.53. The Balaban J connectivity index is 1.43. The average molecular weight is 395 g/mol. The van der Waals surface area contributed by atoms with Crippen LogP contribution in [-0.2, 0) is 6.18 Å². The first-order valence-electron chi connectivity index (χ1n) is 8.51. The summed E-state index contributed by atoms with van der Waals surface area (Å²) in [5.41, 5.74) is 0.0472. The molecule has 4 heterocycles. The molecular formula is C16H16F3N7O2. The number of hydrogen-bond acceptors (Lipinski definition) is 8. The highest BCUT2D eigenvalue weighted by molar-refractivity contribution is 5.46. The van der Waals surface area contributed by atoms with Crippen molar-refractivity contribution in [2.45, 2.75) is 25.1 Å². The van der Waals surface area contributed by atoms with Crippen LogP contribution in [0.1, 0.15) is 18.7 Å². The van der Waals surface area contributed by atoms with Crippen molar-refractivity contribution in [2.75, 3.05) is 25.1 Å². The Morgan fingerprint density at radius 2 is 1.79 bits per heavy atom. The van der Waals surface area contributed by atoms with E-state index in [4.69, 9.17) is 9.47 Å². The van der Waals surface area contributed by atoms with Crippen molar-refractivity contribution in [3.63, 3.8) is 0 Å². The molecule has 0 saturated carbocycles. The molecular weight excluding hydrogens is 379 g/mol. The van der Waals surface area contributed by atoms with Crippen LogP contribution in [0, 0.1) is 0 Å². The summed E-state index contributed by atoms with van der Waals surface area (Å²) in [5, 5.41) is 10.8. The van der Waals surface area contributed by atoms with Gasteiger partial charge in [0.1, 0.15) is 11.9 Å². The Morgan fingerprint density at radius 1 is 1.07 bits per heavy atom. The van der Waals surface area contributed by atoms with Crippen molar-refractivity contribution in [2.24, 2.45) is 0 Å². The van der Waals surface area contributed by atoms with Crippen LogP contribution in [0.4, 0.5) is 19.0 Å². The number of alkyl halides is 3. The molecule has 0 atom stereocenters. The van der Waals surface area contributed by atoms with Crippen molar-refractivity contribution in [3.8, 4) is 11.8 Å². The van der Waals surface area contributed by atoms with E-state index in [2.05, 4.69) is 25.3 Å². The summed E-state index contributed by atoms with van der Waals surface area (Å²) < 4.78 is 50.5. The lowest BCUT2D eigenvalue weighted by molar-refractivity contribution is -0.146. The van der Waals surface area contributed by atoms with Crippen molar-refractivity contribution >= 4 is 11.5 Å². The Hall–Kier alpha value is -3.18. The van der Waals surface area contributed by atoms with Crippen LogP contribution >= 0.6 is 0 Å². The second-order valence-electron chi connectivity index (χ2n) is 6.19. The van der Waals surface area contributed by atoms with Gasteiger partial charge >= 0.3 is 12.2 Å². The van der Waals surface area contributed by atoms with E-state index in [1.807, 2.05) is 4.90 Å². The second kappa shape index (κ2) is 7.09. The first kappa shape index (κ1) is 18.2. The van der Waals surface area contributed by atoms with Gasteiger partial charge in [-0.2, -0.15) is 27.7 Å². The molecule has 28 heavy (non-hydrogen) atoms. The molecule has 1 aliphatic heterocycles. The van der Waals surface area contributed by atoms with Gasteiger partial charge in [0.15, 0.2) is 11.4 Å². The van der Waals surface area contributed by atoms with Gasteiger partial charge in [-0.1, -0.05) is 0 Å². The van der Waals surface area contributed by atoms with Crippen LogP contribution in [0.5, 0.6) is 11.8 Å². The second-order valence-corrected chi connectivity index (χ2v) is 6.19. The third kappa shape index (κ3) is 3.62. The van der Waals surface area contributed by atoms with E-state index in [0.29, 0.717) is 37.5 Å². The molecule has 0 aromatic carbocycles. The predicted octanol–water partition coefficient (Wildman–Crippen LogP) is 1.99. The molecule has 0 aliphatic carbocycles. The topological polar surface area (TPSA) is 90.6 Å². The molecule has 0 amide bonds. The Morgan fingerprint density at radius 3 is 2.43 bits per heavy atom. The van der Waals surface area contributed by atoms with Gasteiger partial charge in [-0.25, -0.2) is 0 Å². The molecule has 3 aromatic heterocycles. The summed E-state index contributed by atoms with van der Waals surface area (Å²) >= 11 is 0. The quantitative estimate of drug-likeness (QED) is 0.663. The molecule has 4 rings (SSSR count). The van der Waals surface area contributed by atoms with Gasteiger partial charge in [-0.3, -0.25) is 0 Å². The summed E-state index contributed by atoms with van der Waals surface area (Å²) in [6.45, 7) is 1.14. The molecule has 1 fully saturated rings. The van der Waals surface area contributed by atoms with Crippen LogP contribution in [0.2, 0.25) is 0 Å². The predicted molar refractivity (Wildman–Crippen MR) is 90.2 cm³/mol. The molecule has 0 N–H and O–H groups in total. The van der Waals surface area contributed by atoms with Crippen molar-refractivity contribution in [1.29, 1.82) is 0 Å². The largest absolute Gasteiger partial charge is 0.494 e. The highest BCUT2D eigenvalue weighted by atomic mass is 19.4. The van der Waals surface area contributed by atoms with Gasteiger partial charge in [0.25, 0.3) is 5.82 Å². The van der Waals surface area contributed by atoms with Gasteiger partial charge in [-0.15, -0.1) is 15.3 Å². The van der Waals surface area contributed by atoms with Gasteiger partial charge in [0, 0.05) is 25.9 Å². The third-order valence-corrected chi connectivity index (χ3v) is 4.38. The zero-order valence-electron chi connectivity index (χ0n) is 14.8. The van der Waals surface area contributed by atoms with Crippen molar-refractivity contribution in [1.82, 2.24) is 29.8 Å². The monoisotopic (exact) mass is 395 g/mol. The van der Waals surface area contributed by atoms with E-state index in [1.165, 1.54) is 25.6 Å². The number of aromatic nitrogens is 6. The number of halogens is 3. The lowest BCUT2D eigenvalue weighted by atomic mass is 10.1. The van der Waals surface area contributed by atoms with Gasteiger partial charge in [0.05, 0.1) is 19.5 Å². The maximum atomic E-state index is 13.0. The maximum absolute atomic E-state index is 13.0. The van der Waals surface area contributed by atoms with Crippen molar-refractivity contribution in [3.05, 3.63) is 30.4 Å². The highest BCUT2D eigenvalue weighted by Crippen LogP contribution is 2.28. The Bertz CT molecular complexity index is 953. The van der Waals surface area contributed by atoms with E-state index in [0.717, 1.165) is 4.52 Å². The average Bonchev–Trinajstić information content (AvgIpc) is 3.13. The Kier molecular flexibility index (Phi) is 4.61. The number of methoxy groups -OCH3 is 1. The number of nitrogens with zero attached hydrogens (tertiary/aromatic N) is 7. The first-order valence-corrected chi connectivity index (χ1v) is 8.51. The number of rotatable bonds is 4. The highest BCUT2D eigenvalue weighted by Gasteiger charge is 2.38. The Labute approximate surface area is 157 Å². The number of piperidine rings is 1. The molecule has 3 aromatic rings. The lowest BCUT2D eigenvalue weighted by Crippen LogP contribution is -2.39. The molecule has 0 spiro atoms. The van der Waals surface area contributed by atoms with E-state index in [-0.39, 0.29) is 17.8 Å². The van der Waals surface area contributed by atoms with Crippen LogP contribution in [0.3, 0.4) is 0 Å². The molecule has 12 heteroatoms.